The Labute approximate surface area is 119 Å². The average Bonchev–Trinajstić information content (AvgIpc) is 2.36. The summed E-state index contributed by atoms with van der Waals surface area (Å²) in [5, 5.41) is 12.3. The average molecular weight is 353 g/mol. The quantitative estimate of drug-likeness (QED) is 0.834. The topological polar surface area (TPSA) is 49.3 Å². The number of halogens is 1. The maximum absolute atomic E-state index is 11.9. The number of amides is 1. The molecule has 0 atom stereocenters. The molecule has 18 heavy (non-hydrogen) atoms. The second-order valence-corrected chi connectivity index (χ2v) is 5.11. The standard InChI is InChI=1S/C14H12INO2/c15-12-6-11(7-13(17)8-12)14(18)16-9-10-4-2-1-3-5-10/h1-8,17H,9H2,(H,16,18). The van der Waals surface area contributed by atoms with E-state index in [9.17, 15) is 9.90 Å². The summed E-state index contributed by atoms with van der Waals surface area (Å²) >= 11 is 2.06. The van der Waals surface area contributed by atoms with E-state index < -0.39 is 0 Å². The number of hydrogen-bond acceptors (Lipinski definition) is 2. The summed E-state index contributed by atoms with van der Waals surface area (Å²) in [5.74, 6) is -0.0839. The largest absolute Gasteiger partial charge is 0.508 e. The van der Waals surface area contributed by atoms with E-state index in [2.05, 4.69) is 27.9 Å². The molecule has 0 aliphatic carbocycles. The lowest BCUT2D eigenvalue weighted by molar-refractivity contribution is 0.0950. The minimum Gasteiger partial charge on any atom is -0.508 e. The smallest absolute Gasteiger partial charge is 0.251 e. The van der Waals surface area contributed by atoms with E-state index in [1.165, 1.54) is 6.07 Å². The molecule has 2 aromatic carbocycles. The van der Waals surface area contributed by atoms with E-state index in [1.807, 2.05) is 30.3 Å². The lowest BCUT2D eigenvalue weighted by Gasteiger charge is -2.06. The van der Waals surface area contributed by atoms with Crippen LogP contribution in [0.3, 0.4) is 0 Å². The van der Waals surface area contributed by atoms with Crippen LogP contribution in [-0.2, 0) is 6.54 Å². The van der Waals surface area contributed by atoms with Crippen LogP contribution in [-0.4, -0.2) is 11.0 Å². The lowest BCUT2D eigenvalue weighted by Crippen LogP contribution is -2.22. The third-order valence-electron chi connectivity index (χ3n) is 2.44. The molecule has 0 bridgehead atoms. The minimum absolute atomic E-state index is 0.103. The Kier molecular flexibility index (Phi) is 4.19. The van der Waals surface area contributed by atoms with Crippen molar-refractivity contribution in [3.63, 3.8) is 0 Å². The summed E-state index contributed by atoms with van der Waals surface area (Å²) in [7, 11) is 0. The van der Waals surface area contributed by atoms with Gasteiger partial charge in [-0.1, -0.05) is 30.3 Å². The van der Waals surface area contributed by atoms with Crippen LogP contribution >= 0.6 is 22.6 Å². The van der Waals surface area contributed by atoms with Gasteiger partial charge in [0.15, 0.2) is 0 Å². The maximum Gasteiger partial charge on any atom is 0.251 e. The number of phenolic OH excluding ortho intramolecular Hbond substituents is 1. The molecule has 0 aromatic heterocycles. The van der Waals surface area contributed by atoms with Crippen LogP contribution in [0.4, 0.5) is 0 Å². The lowest BCUT2D eigenvalue weighted by atomic mass is 10.2. The second-order valence-electron chi connectivity index (χ2n) is 3.87. The van der Waals surface area contributed by atoms with Crippen LogP contribution in [0.1, 0.15) is 15.9 Å². The van der Waals surface area contributed by atoms with Crippen LogP contribution in [0.15, 0.2) is 48.5 Å². The number of carbonyl (C=O) groups is 1. The van der Waals surface area contributed by atoms with Crippen molar-refractivity contribution < 1.29 is 9.90 Å². The first kappa shape index (κ1) is 12.9. The maximum atomic E-state index is 11.9. The third-order valence-corrected chi connectivity index (χ3v) is 3.06. The Morgan fingerprint density at radius 3 is 2.56 bits per heavy atom. The molecule has 1 amide bonds. The Hall–Kier alpha value is -1.56. The molecule has 0 saturated carbocycles. The zero-order valence-corrected chi connectivity index (χ0v) is 11.7. The predicted octanol–water partition coefficient (Wildman–Crippen LogP) is 2.93. The Morgan fingerprint density at radius 2 is 1.89 bits per heavy atom. The van der Waals surface area contributed by atoms with Gasteiger partial charge >= 0.3 is 0 Å². The Balaban J connectivity index is 2.04. The van der Waals surface area contributed by atoms with Crippen molar-refractivity contribution in [2.45, 2.75) is 6.54 Å². The Bertz CT molecular complexity index is 535. The zero-order chi connectivity index (χ0) is 13.0. The van der Waals surface area contributed by atoms with Crippen molar-refractivity contribution >= 4 is 28.5 Å². The van der Waals surface area contributed by atoms with E-state index in [0.717, 1.165) is 9.13 Å². The number of carbonyl (C=O) groups excluding carboxylic acids is 1. The molecule has 0 saturated heterocycles. The van der Waals surface area contributed by atoms with E-state index in [4.69, 9.17) is 0 Å². The third kappa shape index (κ3) is 3.46. The van der Waals surface area contributed by atoms with E-state index in [0.29, 0.717) is 12.1 Å². The van der Waals surface area contributed by atoms with Gasteiger partial charge in [-0.15, -0.1) is 0 Å². The van der Waals surface area contributed by atoms with Crippen LogP contribution in [0.25, 0.3) is 0 Å². The fourth-order valence-corrected chi connectivity index (χ4v) is 2.24. The first-order chi connectivity index (χ1) is 8.65. The molecule has 0 aliphatic rings. The molecule has 92 valence electrons. The van der Waals surface area contributed by atoms with Gasteiger partial charge in [0.05, 0.1) is 0 Å². The number of rotatable bonds is 3. The number of hydrogen-bond donors (Lipinski definition) is 2. The molecule has 0 spiro atoms. The van der Waals surface area contributed by atoms with Crippen molar-refractivity contribution in [2.75, 3.05) is 0 Å². The molecule has 4 heteroatoms. The van der Waals surface area contributed by atoms with E-state index in [1.54, 1.807) is 12.1 Å². The van der Waals surface area contributed by atoms with Gasteiger partial charge in [0, 0.05) is 15.7 Å². The summed E-state index contributed by atoms with van der Waals surface area (Å²) < 4.78 is 0.831. The molecule has 0 fully saturated rings. The highest BCUT2D eigenvalue weighted by atomic mass is 127. The van der Waals surface area contributed by atoms with Crippen LogP contribution in [0, 0.1) is 3.57 Å². The molecule has 3 nitrogen and oxygen atoms in total. The fraction of sp³-hybridized carbons (Fsp3) is 0.0714. The fourth-order valence-electron chi connectivity index (χ4n) is 1.59. The second kappa shape index (κ2) is 5.86. The van der Waals surface area contributed by atoms with Crippen molar-refractivity contribution in [3.05, 3.63) is 63.2 Å². The number of nitrogens with one attached hydrogen (secondary N) is 1. The SMILES string of the molecule is O=C(NCc1ccccc1)c1cc(O)cc(I)c1. The van der Waals surface area contributed by atoms with Gasteiger partial charge in [-0.2, -0.15) is 0 Å². The first-order valence-corrected chi connectivity index (χ1v) is 6.55. The number of aromatic hydroxyl groups is 1. The van der Waals surface area contributed by atoms with E-state index in [-0.39, 0.29) is 11.7 Å². The van der Waals surface area contributed by atoms with Crippen molar-refractivity contribution in [2.24, 2.45) is 0 Å². The monoisotopic (exact) mass is 353 g/mol. The summed E-state index contributed by atoms with van der Waals surface area (Å²) in [6, 6.07) is 14.5. The van der Waals surface area contributed by atoms with Crippen molar-refractivity contribution in [1.82, 2.24) is 5.32 Å². The number of phenols is 1. The van der Waals surface area contributed by atoms with Gasteiger partial charge in [0.1, 0.15) is 5.75 Å². The minimum atomic E-state index is -0.187. The normalized spacial score (nSPS) is 10.1. The molecule has 0 heterocycles. The molecule has 0 radical (unpaired) electrons. The summed E-state index contributed by atoms with van der Waals surface area (Å²) in [6.07, 6.45) is 0. The van der Waals surface area contributed by atoms with Gasteiger partial charge in [0.2, 0.25) is 0 Å². The van der Waals surface area contributed by atoms with Crippen molar-refractivity contribution in [1.29, 1.82) is 0 Å². The van der Waals surface area contributed by atoms with Crippen molar-refractivity contribution in [3.8, 4) is 5.75 Å². The highest BCUT2D eigenvalue weighted by molar-refractivity contribution is 14.1. The summed E-state index contributed by atoms with van der Waals surface area (Å²) in [6.45, 7) is 0.478. The first-order valence-electron chi connectivity index (χ1n) is 5.47. The predicted molar refractivity (Wildman–Crippen MR) is 78.4 cm³/mol. The molecule has 2 N–H and O–H groups in total. The van der Waals surface area contributed by atoms with Gasteiger partial charge in [-0.25, -0.2) is 0 Å². The van der Waals surface area contributed by atoms with Crippen LogP contribution in [0.5, 0.6) is 5.75 Å². The molecule has 2 aromatic rings. The molecular weight excluding hydrogens is 341 g/mol. The van der Waals surface area contributed by atoms with Crippen LogP contribution < -0.4 is 5.32 Å². The van der Waals surface area contributed by atoms with Gasteiger partial charge in [-0.05, 0) is 46.4 Å². The molecule has 2 rings (SSSR count). The highest BCUT2D eigenvalue weighted by Crippen LogP contribution is 2.17. The Morgan fingerprint density at radius 1 is 1.17 bits per heavy atom. The number of benzene rings is 2. The highest BCUT2D eigenvalue weighted by Gasteiger charge is 2.07. The zero-order valence-electron chi connectivity index (χ0n) is 9.56. The molecule has 0 aliphatic heterocycles. The molecule has 0 unspecified atom stereocenters. The van der Waals surface area contributed by atoms with Gasteiger partial charge in [0.25, 0.3) is 5.91 Å². The van der Waals surface area contributed by atoms with Crippen LogP contribution in [0.2, 0.25) is 0 Å². The van der Waals surface area contributed by atoms with E-state index >= 15 is 0 Å². The van der Waals surface area contributed by atoms with Gasteiger partial charge in [-0.3, -0.25) is 4.79 Å². The summed E-state index contributed by atoms with van der Waals surface area (Å²) in [4.78, 5) is 11.9. The molecular formula is C14H12INO2. The van der Waals surface area contributed by atoms with Gasteiger partial charge < -0.3 is 10.4 Å². The summed E-state index contributed by atoms with van der Waals surface area (Å²) in [5.41, 5.74) is 1.51.